The Kier molecular flexibility index (Phi) is 7.11. The van der Waals surface area contributed by atoms with Crippen LogP contribution >= 0.6 is 23.4 Å². The van der Waals surface area contributed by atoms with Crippen molar-refractivity contribution in [3.8, 4) is 5.75 Å². The molecule has 0 aliphatic rings. The smallest absolute Gasteiger partial charge is 0.416 e. The molecule has 31 heavy (non-hydrogen) atoms. The van der Waals surface area contributed by atoms with E-state index in [4.69, 9.17) is 16.3 Å². The minimum absolute atomic E-state index is 0.139. The summed E-state index contributed by atoms with van der Waals surface area (Å²) >= 11 is 7.23. The highest BCUT2D eigenvalue weighted by Crippen LogP contribution is 2.30. The highest BCUT2D eigenvalue weighted by molar-refractivity contribution is 8.00. The topological polar surface area (TPSA) is 69.0 Å². The van der Waals surface area contributed by atoms with E-state index < -0.39 is 17.0 Å². The molecule has 0 fully saturated rings. The number of hydrogen-bond donors (Lipinski definition) is 1. The second-order valence-electron chi connectivity index (χ2n) is 6.50. The van der Waals surface area contributed by atoms with Crippen molar-refractivity contribution in [2.75, 3.05) is 5.32 Å². The maximum Gasteiger partial charge on any atom is 0.416 e. The second kappa shape index (κ2) is 9.61. The molecule has 1 N–H and O–H groups in total. The molecule has 0 bridgehead atoms. The van der Waals surface area contributed by atoms with Gasteiger partial charge in [-0.25, -0.2) is 0 Å². The van der Waals surface area contributed by atoms with Gasteiger partial charge in [-0.05, 0) is 43.3 Å². The van der Waals surface area contributed by atoms with E-state index in [2.05, 4.69) is 15.5 Å². The first-order chi connectivity index (χ1) is 14.6. The number of para-hydroxylation sites is 1. The Balaban J connectivity index is 1.58. The van der Waals surface area contributed by atoms with Gasteiger partial charge in [0.1, 0.15) is 12.4 Å². The minimum atomic E-state index is -4.43. The number of thioether (sulfide) groups is 1. The molecule has 0 saturated carbocycles. The molecule has 3 aromatic rings. The van der Waals surface area contributed by atoms with Crippen molar-refractivity contribution in [3.05, 3.63) is 64.9 Å². The number of alkyl halides is 3. The second-order valence-corrected chi connectivity index (χ2v) is 8.22. The third-order valence-electron chi connectivity index (χ3n) is 4.25. The number of nitrogens with one attached hydrogen (secondary N) is 1. The van der Waals surface area contributed by atoms with Gasteiger partial charge in [0.2, 0.25) is 5.91 Å². The lowest BCUT2D eigenvalue weighted by molar-refractivity contribution is -0.137. The molecule has 0 aliphatic heterocycles. The third kappa shape index (κ3) is 5.92. The molecule has 6 nitrogen and oxygen atoms in total. The summed E-state index contributed by atoms with van der Waals surface area (Å²) in [4.78, 5) is 12.4. The molecule has 1 heterocycles. The van der Waals surface area contributed by atoms with Crippen molar-refractivity contribution in [1.82, 2.24) is 14.8 Å². The van der Waals surface area contributed by atoms with E-state index in [0.717, 1.165) is 12.1 Å². The van der Waals surface area contributed by atoms with Crippen molar-refractivity contribution in [1.29, 1.82) is 0 Å². The van der Waals surface area contributed by atoms with Crippen LogP contribution in [-0.2, 0) is 24.6 Å². The normalized spacial score (nSPS) is 12.5. The van der Waals surface area contributed by atoms with Crippen LogP contribution in [0.25, 0.3) is 0 Å². The van der Waals surface area contributed by atoms with Crippen LogP contribution in [0, 0.1) is 0 Å². The van der Waals surface area contributed by atoms with Gasteiger partial charge in [-0.2, -0.15) is 13.2 Å². The molecule has 11 heteroatoms. The van der Waals surface area contributed by atoms with Crippen LogP contribution in [0.2, 0.25) is 5.02 Å². The van der Waals surface area contributed by atoms with E-state index in [-0.39, 0.29) is 18.2 Å². The molecule has 2 aromatic carbocycles. The van der Waals surface area contributed by atoms with Gasteiger partial charge in [0.25, 0.3) is 0 Å². The van der Waals surface area contributed by atoms with Gasteiger partial charge in [0.05, 0.1) is 15.8 Å². The molecule has 0 radical (unpaired) electrons. The Morgan fingerprint density at radius 3 is 2.52 bits per heavy atom. The number of anilines is 1. The number of rotatable bonds is 7. The van der Waals surface area contributed by atoms with E-state index in [0.29, 0.717) is 21.8 Å². The van der Waals surface area contributed by atoms with Crippen molar-refractivity contribution < 1.29 is 22.7 Å². The molecule has 1 unspecified atom stereocenters. The summed E-state index contributed by atoms with van der Waals surface area (Å²) in [5.41, 5.74) is -0.504. The first-order valence-electron chi connectivity index (χ1n) is 9.05. The summed E-state index contributed by atoms with van der Waals surface area (Å²) in [6.45, 7) is 1.80. The SMILES string of the molecule is CC(Sc1nnc(COc2ccccc2Cl)n1C)C(=O)Nc1ccc(C(F)(F)F)cc1. The van der Waals surface area contributed by atoms with Gasteiger partial charge in [-0.3, -0.25) is 4.79 Å². The van der Waals surface area contributed by atoms with Crippen molar-refractivity contribution in [2.24, 2.45) is 7.05 Å². The minimum Gasteiger partial charge on any atom is -0.484 e. The number of carbonyl (C=O) groups is 1. The lowest BCUT2D eigenvalue weighted by Crippen LogP contribution is -2.23. The molecule has 0 saturated heterocycles. The molecule has 1 amide bonds. The summed E-state index contributed by atoms with van der Waals surface area (Å²) in [7, 11) is 1.74. The van der Waals surface area contributed by atoms with Gasteiger partial charge in [-0.1, -0.05) is 35.5 Å². The number of carbonyl (C=O) groups excluding carboxylic acids is 1. The van der Waals surface area contributed by atoms with Crippen molar-refractivity contribution in [3.63, 3.8) is 0 Å². The molecule has 1 atom stereocenters. The van der Waals surface area contributed by atoms with Gasteiger partial charge in [-0.15, -0.1) is 10.2 Å². The van der Waals surface area contributed by atoms with Crippen molar-refractivity contribution >= 4 is 35.0 Å². The van der Waals surface area contributed by atoms with Crippen LogP contribution in [0.1, 0.15) is 18.3 Å². The number of benzene rings is 2. The summed E-state index contributed by atoms with van der Waals surface area (Å²) in [6, 6.07) is 11.3. The zero-order chi connectivity index (χ0) is 22.6. The van der Waals surface area contributed by atoms with E-state index in [1.807, 2.05) is 0 Å². The predicted octanol–water partition coefficient (Wildman–Crippen LogP) is 5.19. The van der Waals surface area contributed by atoms with Crippen LogP contribution in [0.4, 0.5) is 18.9 Å². The highest BCUT2D eigenvalue weighted by atomic mass is 35.5. The highest BCUT2D eigenvalue weighted by Gasteiger charge is 2.30. The summed E-state index contributed by atoms with van der Waals surface area (Å²) in [6.07, 6.45) is -4.43. The van der Waals surface area contributed by atoms with Crippen LogP contribution < -0.4 is 10.1 Å². The zero-order valence-electron chi connectivity index (χ0n) is 16.5. The van der Waals surface area contributed by atoms with E-state index in [1.165, 1.54) is 23.9 Å². The van der Waals surface area contributed by atoms with Crippen LogP contribution in [-0.4, -0.2) is 25.9 Å². The number of amides is 1. The lowest BCUT2D eigenvalue weighted by Gasteiger charge is -2.13. The fraction of sp³-hybridized carbons (Fsp3) is 0.250. The van der Waals surface area contributed by atoms with Gasteiger partial charge < -0.3 is 14.6 Å². The predicted molar refractivity (Wildman–Crippen MR) is 112 cm³/mol. The average molecular weight is 471 g/mol. The molecule has 164 valence electrons. The van der Waals surface area contributed by atoms with Crippen LogP contribution in [0.5, 0.6) is 5.75 Å². The number of aromatic nitrogens is 3. The first-order valence-corrected chi connectivity index (χ1v) is 10.3. The lowest BCUT2D eigenvalue weighted by atomic mass is 10.2. The number of nitrogens with zero attached hydrogens (tertiary/aromatic N) is 3. The molecule has 0 spiro atoms. The Morgan fingerprint density at radius 2 is 1.87 bits per heavy atom. The molecule has 1 aromatic heterocycles. The Morgan fingerprint density at radius 1 is 1.19 bits per heavy atom. The summed E-state index contributed by atoms with van der Waals surface area (Å²) in [5, 5.41) is 11.2. The van der Waals surface area contributed by atoms with Crippen LogP contribution in [0.3, 0.4) is 0 Å². The third-order valence-corrected chi connectivity index (χ3v) is 5.70. The quantitative estimate of drug-likeness (QED) is 0.481. The Hall–Kier alpha value is -2.72. The van der Waals surface area contributed by atoms with E-state index in [1.54, 1.807) is 42.8 Å². The number of ether oxygens (including phenoxy) is 1. The number of halogens is 4. The molecular weight excluding hydrogens is 453 g/mol. The fourth-order valence-electron chi connectivity index (χ4n) is 2.48. The molecule has 3 rings (SSSR count). The van der Waals surface area contributed by atoms with Gasteiger partial charge in [0, 0.05) is 12.7 Å². The molecular formula is C20H18ClF3N4O2S. The van der Waals surface area contributed by atoms with Crippen molar-refractivity contribution in [2.45, 2.75) is 30.1 Å². The van der Waals surface area contributed by atoms with E-state index >= 15 is 0 Å². The monoisotopic (exact) mass is 470 g/mol. The van der Waals surface area contributed by atoms with Gasteiger partial charge in [0.15, 0.2) is 11.0 Å². The Bertz CT molecular complexity index is 1060. The standard InChI is InChI=1S/C20H18ClF3N4O2S/c1-12(18(29)25-14-9-7-13(8-10-14)20(22,23)24)31-19-27-26-17(28(19)2)11-30-16-6-4-3-5-15(16)21/h3-10,12H,11H2,1-2H3,(H,25,29). The number of hydrogen-bond acceptors (Lipinski definition) is 5. The maximum atomic E-state index is 12.6. The fourth-order valence-corrected chi connectivity index (χ4v) is 3.50. The largest absolute Gasteiger partial charge is 0.484 e. The Labute approximate surface area is 185 Å². The summed E-state index contributed by atoms with van der Waals surface area (Å²) in [5.74, 6) is 0.685. The van der Waals surface area contributed by atoms with E-state index in [9.17, 15) is 18.0 Å². The van der Waals surface area contributed by atoms with Crippen LogP contribution in [0.15, 0.2) is 53.7 Å². The summed E-state index contributed by atoms with van der Waals surface area (Å²) < 4.78 is 45.3. The zero-order valence-corrected chi connectivity index (χ0v) is 18.1. The maximum absolute atomic E-state index is 12.6. The molecule has 0 aliphatic carbocycles. The van der Waals surface area contributed by atoms with Gasteiger partial charge >= 0.3 is 6.18 Å². The first kappa shape index (κ1) is 23.0. The average Bonchev–Trinajstić information content (AvgIpc) is 3.06.